The molecular formula is C10H15BrN2O. The van der Waals surface area contributed by atoms with E-state index in [9.17, 15) is 4.79 Å². The first kappa shape index (κ1) is 11.4. The van der Waals surface area contributed by atoms with Crippen molar-refractivity contribution in [2.45, 2.75) is 33.7 Å². The van der Waals surface area contributed by atoms with E-state index < -0.39 is 0 Å². The summed E-state index contributed by atoms with van der Waals surface area (Å²) < 4.78 is 2.25. The predicted molar refractivity (Wildman–Crippen MR) is 60.4 cm³/mol. The zero-order valence-corrected chi connectivity index (χ0v) is 10.3. The lowest BCUT2D eigenvalue weighted by molar-refractivity contribution is 0.495. The molecule has 0 saturated carbocycles. The van der Waals surface area contributed by atoms with Crippen molar-refractivity contribution in [3.05, 3.63) is 26.8 Å². The molecule has 0 amide bonds. The largest absolute Gasteiger partial charge is 0.296 e. The minimum atomic E-state index is 0.0122. The van der Waals surface area contributed by atoms with Gasteiger partial charge in [-0.15, -0.1) is 0 Å². The van der Waals surface area contributed by atoms with Crippen molar-refractivity contribution in [2.75, 3.05) is 0 Å². The summed E-state index contributed by atoms with van der Waals surface area (Å²) in [5.41, 5.74) is 0.0122. The molecule has 0 radical (unpaired) electrons. The molecule has 1 heterocycles. The Morgan fingerprint density at radius 2 is 2.21 bits per heavy atom. The number of aromatic nitrogens is 2. The molecule has 4 heteroatoms. The van der Waals surface area contributed by atoms with E-state index >= 15 is 0 Å². The van der Waals surface area contributed by atoms with Crippen LogP contribution in [0.5, 0.6) is 0 Å². The van der Waals surface area contributed by atoms with Crippen molar-refractivity contribution in [1.82, 2.24) is 9.55 Å². The van der Waals surface area contributed by atoms with E-state index in [-0.39, 0.29) is 5.56 Å². The van der Waals surface area contributed by atoms with Crippen LogP contribution in [0, 0.1) is 12.8 Å². The van der Waals surface area contributed by atoms with Gasteiger partial charge >= 0.3 is 0 Å². The molecule has 14 heavy (non-hydrogen) atoms. The van der Waals surface area contributed by atoms with Gasteiger partial charge in [-0.1, -0.05) is 13.8 Å². The first-order chi connectivity index (χ1) is 6.52. The lowest BCUT2D eigenvalue weighted by Crippen LogP contribution is -2.24. The van der Waals surface area contributed by atoms with E-state index in [1.54, 1.807) is 10.8 Å². The summed E-state index contributed by atoms with van der Waals surface area (Å²) in [6.45, 7) is 6.89. The predicted octanol–water partition coefficient (Wildman–Crippen LogP) is 2.36. The van der Waals surface area contributed by atoms with Gasteiger partial charge in [0.25, 0.3) is 5.56 Å². The summed E-state index contributed by atoms with van der Waals surface area (Å²) >= 11 is 3.19. The van der Waals surface area contributed by atoms with E-state index in [4.69, 9.17) is 0 Å². The van der Waals surface area contributed by atoms with Crippen LogP contribution in [-0.2, 0) is 6.54 Å². The Hall–Kier alpha value is -0.640. The highest BCUT2D eigenvalue weighted by Gasteiger charge is 2.05. The molecule has 0 spiro atoms. The highest BCUT2D eigenvalue weighted by atomic mass is 79.9. The molecule has 0 N–H and O–H groups in total. The minimum absolute atomic E-state index is 0.0122. The monoisotopic (exact) mass is 258 g/mol. The summed E-state index contributed by atoms with van der Waals surface area (Å²) in [6, 6.07) is 0. The van der Waals surface area contributed by atoms with Gasteiger partial charge in [0.2, 0.25) is 0 Å². The van der Waals surface area contributed by atoms with Crippen LogP contribution in [0.25, 0.3) is 0 Å². The molecular weight excluding hydrogens is 244 g/mol. The van der Waals surface area contributed by atoms with Crippen LogP contribution in [0.4, 0.5) is 0 Å². The van der Waals surface area contributed by atoms with Crippen LogP contribution >= 0.6 is 15.9 Å². The van der Waals surface area contributed by atoms with Crippen molar-refractivity contribution >= 4 is 15.9 Å². The molecule has 0 saturated heterocycles. The zero-order valence-electron chi connectivity index (χ0n) is 8.75. The molecule has 0 aliphatic carbocycles. The molecule has 78 valence electrons. The van der Waals surface area contributed by atoms with Crippen LogP contribution in [0.1, 0.15) is 26.1 Å². The average Bonchev–Trinajstić information content (AvgIpc) is 2.11. The number of nitrogens with zero attached hydrogens (tertiary/aromatic N) is 2. The van der Waals surface area contributed by atoms with Crippen LogP contribution in [-0.4, -0.2) is 9.55 Å². The van der Waals surface area contributed by atoms with E-state index in [0.717, 1.165) is 18.8 Å². The lowest BCUT2D eigenvalue weighted by atomic mass is 10.1. The number of rotatable bonds is 3. The Labute approximate surface area is 92.3 Å². The fraction of sp³-hybridized carbons (Fsp3) is 0.600. The molecule has 0 unspecified atom stereocenters. The third kappa shape index (κ3) is 2.67. The molecule has 0 aliphatic heterocycles. The van der Waals surface area contributed by atoms with E-state index in [1.807, 2.05) is 6.92 Å². The molecule has 0 aromatic carbocycles. The molecule has 0 fully saturated rings. The van der Waals surface area contributed by atoms with Crippen molar-refractivity contribution in [3.8, 4) is 0 Å². The molecule has 0 aliphatic rings. The Morgan fingerprint density at radius 3 is 2.79 bits per heavy atom. The summed E-state index contributed by atoms with van der Waals surface area (Å²) in [5.74, 6) is 1.37. The molecule has 0 atom stereocenters. The van der Waals surface area contributed by atoms with E-state index in [0.29, 0.717) is 10.4 Å². The van der Waals surface area contributed by atoms with Gasteiger partial charge in [0.15, 0.2) is 0 Å². The summed E-state index contributed by atoms with van der Waals surface area (Å²) in [7, 11) is 0. The van der Waals surface area contributed by atoms with Crippen LogP contribution in [0.3, 0.4) is 0 Å². The van der Waals surface area contributed by atoms with E-state index in [2.05, 4.69) is 34.8 Å². The molecule has 1 aromatic rings. The lowest BCUT2D eigenvalue weighted by Gasteiger charge is -2.10. The van der Waals surface area contributed by atoms with Crippen molar-refractivity contribution in [3.63, 3.8) is 0 Å². The highest BCUT2D eigenvalue weighted by Crippen LogP contribution is 2.05. The second-order valence-electron chi connectivity index (χ2n) is 3.79. The van der Waals surface area contributed by atoms with Crippen molar-refractivity contribution in [2.24, 2.45) is 5.92 Å². The Bertz CT molecular complexity index is 371. The highest BCUT2D eigenvalue weighted by molar-refractivity contribution is 9.10. The van der Waals surface area contributed by atoms with Gasteiger partial charge in [0.1, 0.15) is 10.3 Å². The third-order valence-corrected chi connectivity index (χ3v) is 2.68. The molecule has 0 bridgehead atoms. The maximum Gasteiger partial charge on any atom is 0.267 e. The van der Waals surface area contributed by atoms with Gasteiger partial charge in [-0.3, -0.25) is 9.36 Å². The van der Waals surface area contributed by atoms with Crippen LogP contribution in [0.15, 0.2) is 15.5 Å². The van der Waals surface area contributed by atoms with Crippen LogP contribution in [0.2, 0.25) is 0 Å². The normalized spacial score (nSPS) is 10.9. The maximum absolute atomic E-state index is 11.7. The average molecular weight is 259 g/mol. The van der Waals surface area contributed by atoms with Gasteiger partial charge in [-0.2, -0.15) is 0 Å². The summed E-state index contributed by atoms with van der Waals surface area (Å²) in [4.78, 5) is 15.8. The number of aryl methyl sites for hydroxylation is 1. The van der Waals surface area contributed by atoms with Gasteiger partial charge in [0.05, 0.1) is 0 Å². The Kier molecular flexibility index (Phi) is 3.86. The van der Waals surface area contributed by atoms with Gasteiger partial charge in [-0.25, -0.2) is 4.98 Å². The number of hydrogen-bond acceptors (Lipinski definition) is 2. The Balaban J connectivity index is 2.95. The summed E-state index contributed by atoms with van der Waals surface area (Å²) in [5, 5.41) is 0. The second-order valence-corrected chi connectivity index (χ2v) is 4.65. The standard InChI is InChI=1S/C10H15BrN2O/c1-7(2)4-5-13-8(3)12-6-9(11)10(13)14/h6-7H,4-5H2,1-3H3. The minimum Gasteiger partial charge on any atom is -0.296 e. The fourth-order valence-corrected chi connectivity index (χ4v) is 1.52. The van der Waals surface area contributed by atoms with Crippen molar-refractivity contribution < 1.29 is 0 Å². The zero-order chi connectivity index (χ0) is 10.7. The molecule has 1 rings (SSSR count). The van der Waals surface area contributed by atoms with Gasteiger partial charge in [0, 0.05) is 12.7 Å². The van der Waals surface area contributed by atoms with Gasteiger partial charge < -0.3 is 0 Å². The smallest absolute Gasteiger partial charge is 0.267 e. The topological polar surface area (TPSA) is 34.9 Å². The SMILES string of the molecule is Cc1ncc(Br)c(=O)n1CCC(C)C. The summed E-state index contributed by atoms with van der Waals surface area (Å²) in [6.07, 6.45) is 2.56. The number of halogens is 1. The van der Waals surface area contributed by atoms with Gasteiger partial charge in [-0.05, 0) is 35.2 Å². The molecule has 1 aromatic heterocycles. The molecule has 3 nitrogen and oxygen atoms in total. The quantitative estimate of drug-likeness (QED) is 0.835. The second kappa shape index (κ2) is 4.73. The Morgan fingerprint density at radius 1 is 1.57 bits per heavy atom. The van der Waals surface area contributed by atoms with E-state index in [1.165, 1.54) is 0 Å². The van der Waals surface area contributed by atoms with Crippen LogP contribution < -0.4 is 5.56 Å². The third-order valence-electron chi connectivity index (χ3n) is 2.13. The first-order valence-corrected chi connectivity index (χ1v) is 5.53. The number of hydrogen-bond donors (Lipinski definition) is 0. The van der Waals surface area contributed by atoms with Crippen molar-refractivity contribution in [1.29, 1.82) is 0 Å². The first-order valence-electron chi connectivity index (χ1n) is 4.74. The fourth-order valence-electron chi connectivity index (χ4n) is 1.20. The maximum atomic E-state index is 11.7.